The van der Waals surface area contributed by atoms with Gasteiger partial charge in [0.05, 0.1) is 6.04 Å². The summed E-state index contributed by atoms with van der Waals surface area (Å²) < 4.78 is 0. The molecular formula is C55H70N10O10S2. The van der Waals surface area contributed by atoms with Crippen LogP contribution in [0, 0.1) is 5.92 Å². The van der Waals surface area contributed by atoms with Crippen LogP contribution < -0.4 is 48.7 Å². The minimum absolute atomic E-state index is 0.0236. The number of benzene rings is 4. The van der Waals surface area contributed by atoms with Gasteiger partial charge in [0, 0.05) is 47.9 Å². The predicted octanol–water partition coefficient (Wildman–Crippen LogP) is 1.59. The SMILES string of the molecule is CC(C)[C@H](NC(=O)[C@H](CCCCN)NC(=O)[C@@H](Cc1c[nH]c2ccccc12)NC(=O)[C@H](Cc1ccc(O)cc1)NC(=O)[C@H](CS)NC(=O)[C@H](N)Cc1ccccc1)C(=O)N[C@@H](CS)C(=O)N[C@@H](Cc1ccccc1)C(=O)O. The molecule has 412 valence electrons. The number of aromatic hydroxyl groups is 1. The highest BCUT2D eigenvalue weighted by Crippen LogP contribution is 2.20. The number of nitrogens with two attached hydrogens (primary N) is 2. The average Bonchev–Trinajstić information content (AvgIpc) is 3.83. The number of unbranched alkanes of at least 4 members (excludes halogenated alkanes) is 1. The van der Waals surface area contributed by atoms with Crippen LogP contribution in [0.5, 0.6) is 5.75 Å². The molecule has 0 aliphatic heterocycles. The number of aromatic amines is 1. The standard InChI is InChI=1S/C55H70N10O10S2/c1-32(2)47(54(73)64-46(31-77)53(72)62-44(55(74)75)27-34-15-7-4-8-16-34)65-49(68)41(19-11-12-24-56)59-51(70)43(28-36-29-58-40-18-10-9-17-38(36)40)61-50(69)42(26-35-20-22-37(66)23-21-35)60-52(71)45(30-76)63-48(67)39(57)25-33-13-5-3-6-14-33/h3-10,13-18,20-23,29,32,39,41-47,58,66,76-77H,11-12,19,24-28,30-31,56-57H2,1-2H3,(H,59,70)(H,60,71)(H,61,69)(H,62,72)(H,63,67)(H,64,73)(H,65,68)(H,74,75)/t39-,41+,42+,43-,44+,45+,46+,47+/m1/s1. The Morgan fingerprint density at radius 2 is 0.974 bits per heavy atom. The maximum absolute atomic E-state index is 14.8. The Hall–Kier alpha value is -7.40. The van der Waals surface area contributed by atoms with Gasteiger partial charge in [-0.15, -0.1) is 0 Å². The number of para-hydroxylation sites is 1. The molecule has 7 amide bonds. The summed E-state index contributed by atoms with van der Waals surface area (Å²) in [5.74, 6) is -7.62. The molecule has 5 rings (SSSR count). The number of nitrogens with one attached hydrogen (secondary N) is 8. The van der Waals surface area contributed by atoms with Gasteiger partial charge in [-0.05, 0) is 78.6 Å². The van der Waals surface area contributed by atoms with Gasteiger partial charge in [0.2, 0.25) is 41.4 Å². The van der Waals surface area contributed by atoms with Gasteiger partial charge >= 0.3 is 5.97 Å². The van der Waals surface area contributed by atoms with Crippen molar-refractivity contribution in [2.24, 2.45) is 17.4 Å². The number of phenolic OH excluding ortho intramolecular Hbond substituents is 1. The summed E-state index contributed by atoms with van der Waals surface area (Å²) in [7, 11) is 0. The molecule has 1 heterocycles. The fraction of sp³-hybridized carbons (Fsp3) is 0.382. The number of carbonyl (C=O) groups excluding carboxylic acids is 7. The molecule has 0 unspecified atom stereocenters. The molecule has 0 saturated carbocycles. The van der Waals surface area contributed by atoms with Crippen molar-refractivity contribution < 1.29 is 48.6 Å². The molecule has 0 radical (unpaired) electrons. The molecule has 0 aliphatic carbocycles. The summed E-state index contributed by atoms with van der Waals surface area (Å²) >= 11 is 8.58. The van der Waals surface area contributed by atoms with Crippen molar-refractivity contribution in [3.8, 4) is 5.75 Å². The van der Waals surface area contributed by atoms with Crippen LogP contribution in [-0.4, -0.2) is 129 Å². The molecule has 77 heavy (non-hydrogen) atoms. The van der Waals surface area contributed by atoms with E-state index in [1.54, 1.807) is 62.5 Å². The molecule has 1 aromatic heterocycles. The number of carbonyl (C=O) groups is 8. The molecule has 0 aliphatic rings. The van der Waals surface area contributed by atoms with Crippen molar-refractivity contribution in [1.29, 1.82) is 0 Å². The molecule has 4 aromatic carbocycles. The number of aliphatic carboxylic acids is 1. The van der Waals surface area contributed by atoms with E-state index < -0.39 is 102 Å². The lowest BCUT2D eigenvalue weighted by atomic mass is 10.00. The van der Waals surface area contributed by atoms with E-state index in [-0.39, 0.29) is 55.9 Å². The third-order valence-electron chi connectivity index (χ3n) is 12.7. The van der Waals surface area contributed by atoms with Gasteiger partial charge < -0.3 is 63.9 Å². The van der Waals surface area contributed by atoms with Gasteiger partial charge in [0.1, 0.15) is 48.0 Å². The Balaban J connectivity index is 1.38. The number of H-pyrrole nitrogens is 1. The van der Waals surface area contributed by atoms with Gasteiger partial charge in [0.15, 0.2) is 0 Å². The van der Waals surface area contributed by atoms with Gasteiger partial charge in [-0.1, -0.05) is 105 Å². The third kappa shape index (κ3) is 18.7. The van der Waals surface area contributed by atoms with Crippen molar-refractivity contribution in [3.05, 3.63) is 138 Å². The molecule has 0 bridgehead atoms. The Labute approximate surface area is 458 Å². The zero-order valence-corrected chi connectivity index (χ0v) is 44.7. The summed E-state index contributed by atoms with van der Waals surface area (Å²) in [5, 5.41) is 39.4. The molecule has 22 heteroatoms. The molecule has 0 saturated heterocycles. The zero-order valence-electron chi connectivity index (χ0n) is 42.9. The highest BCUT2D eigenvalue weighted by atomic mass is 32.1. The minimum Gasteiger partial charge on any atom is -0.508 e. The number of amides is 7. The van der Waals surface area contributed by atoms with Gasteiger partial charge in [-0.25, -0.2) is 4.79 Å². The molecule has 8 atom stereocenters. The molecule has 14 N–H and O–H groups in total. The molecule has 0 fully saturated rings. The van der Waals surface area contributed by atoms with Crippen LogP contribution in [0.3, 0.4) is 0 Å². The van der Waals surface area contributed by atoms with Crippen LogP contribution in [0.2, 0.25) is 0 Å². The quantitative estimate of drug-likeness (QED) is 0.0230. The average molecular weight is 1100 g/mol. The fourth-order valence-electron chi connectivity index (χ4n) is 8.39. The first-order valence-electron chi connectivity index (χ1n) is 25.3. The normalized spacial score (nSPS) is 14.3. The Morgan fingerprint density at radius 1 is 0.519 bits per heavy atom. The van der Waals surface area contributed by atoms with Gasteiger partial charge in [-0.2, -0.15) is 25.3 Å². The second kappa shape index (κ2) is 30.4. The summed E-state index contributed by atoms with van der Waals surface area (Å²) in [6.07, 6.45) is 2.50. The second-order valence-corrected chi connectivity index (χ2v) is 19.7. The first-order valence-corrected chi connectivity index (χ1v) is 26.6. The van der Waals surface area contributed by atoms with E-state index in [1.165, 1.54) is 12.1 Å². The number of rotatable bonds is 30. The third-order valence-corrected chi connectivity index (χ3v) is 13.5. The van der Waals surface area contributed by atoms with E-state index in [1.807, 2.05) is 54.6 Å². The van der Waals surface area contributed by atoms with Crippen LogP contribution in [-0.2, 0) is 64.0 Å². The fourth-order valence-corrected chi connectivity index (χ4v) is 8.90. The predicted molar refractivity (Wildman–Crippen MR) is 299 cm³/mol. The zero-order chi connectivity index (χ0) is 56.0. The van der Waals surface area contributed by atoms with Crippen LogP contribution in [0.4, 0.5) is 0 Å². The Bertz CT molecular complexity index is 2770. The van der Waals surface area contributed by atoms with Crippen LogP contribution in [0.25, 0.3) is 10.9 Å². The molecule has 20 nitrogen and oxygen atoms in total. The molecule has 0 spiro atoms. The minimum atomic E-state index is -1.39. The highest BCUT2D eigenvalue weighted by molar-refractivity contribution is 7.80. The molecule has 5 aromatic rings. The number of phenols is 1. The van der Waals surface area contributed by atoms with E-state index in [4.69, 9.17) is 11.5 Å². The van der Waals surface area contributed by atoms with Crippen molar-refractivity contribution in [1.82, 2.24) is 42.2 Å². The van der Waals surface area contributed by atoms with Crippen molar-refractivity contribution in [3.63, 3.8) is 0 Å². The lowest BCUT2D eigenvalue weighted by Crippen LogP contribution is -2.61. The maximum Gasteiger partial charge on any atom is 0.326 e. The first kappa shape index (κ1) is 60.5. The number of hydrogen-bond acceptors (Lipinski definition) is 13. The summed E-state index contributed by atoms with van der Waals surface area (Å²) in [6.45, 7) is 3.60. The monoisotopic (exact) mass is 1090 g/mol. The van der Waals surface area contributed by atoms with Gasteiger partial charge in [-0.3, -0.25) is 33.6 Å². The topological polar surface area (TPSA) is 329 Å². The van der Waals surface area contributed by atoms with Crippen molar-refractivity contribution in [2.75, 3.05) is 18.1 Å². The van der Waals surface area contributed by atoms with E-state index in [2.05, 4.69) is 67.5 Å². The number of carboxylic acid groups (broad SMARTS) is 1. The molecular weight excluding hydrogens is 1020 g/mol. The summed E-state index contributed by atoms with van der Waals surface area (Å²) in [5.41, 5.74) is 15.4. The lowest BCUT2D eigenvalue weighted by molar-refractivity contribution is -0.142. The number of thiol groups is 2. The summed E-state index contributed by atoms with van der Waals surface area (Å²) in [6, 6.07) is 20.8. The smallest absolute Gasteiger partial charge is 0.326 e. The van der Waals surface area contributed by atoms with Gasteiger partial charge in [0.25, 0.3) is 0 Å². The van der Waals surface area contributed by atoms with Crippen LogP contribution in [0.15, 0.2) is 115 Å². The largest absolute Gasteiger partial charge is 0.508 e. The first-order chi connectivity index (χ1) is 36.9. The maximum atomic E-state index is 14.8. The number of hydrogen-bond donors (Lipinski definition) is 14. The number of aromatic nitrogens is 1. The highest BCUT2D eigenvalue weighted by Gasteiger charge is 2.35. The van der Waals surface area contributed by atoms with Crippen molar-refractivity contribution in [2.45, 2.75) is 107 Å². The Kier molecular flexibility index (Phi) is 23.8. The summed E-state index contributed by atoms with van der Waals surface area (Å²) in [4.78, 5) is 114. The van der Waals surface area contributed by atoms with Crippen LogP contribution in [0.1, 0.15) is 55.4 Å². The van der Waals surface area contributed by atoms with E-state index in [0.29, 0.717) is 29.5 Å². The number of carboxylic acids is 1. The second-order valence-electron chi connectivity index (χ2n) is 19.0. The van der Waals surface area contributed by atoms with E-state index >= 15 is 0 Å². The van der Waals surface area contributed by atoms with E-state index in [0.717, 1.165) is 16.5 Å². The van der Waals surface area contributed by atoms with Crippen molar-refractivity contribution >= 4 is 83.5 Å². The van der Waals surface area contributed by atoms with E-state index in [9.17, 15) is 48.6 Å². The van der Waals surface area contributed by atoms with Crippen LogP contribution >= 0.6 is 25.3 Å². The lowest BCUT2D eigenvalue weighted by Gasteiger charge is -2.29. The number of fused-ring (bicyclic) bond motifs is 1. The Morgan fingerprint density at radius 3 is 1.53 bits per heavy atom.